The zero-order chi connectivity index (χ0) is 26.1. The van der Waals surface area contributed by atoms with Crippen molar-refractivity contribution >= 4 is 89.1 Å². The first kappa shape index (κ1) is 26.1. The number of hydrogen-bond donors (Lipinski definition) is 1. The molecule has 0 aliphatic carbocycles. The molecule has 1 aliphatic rings. The lowest BCUT2D eigenvalue weighted by Crippen LogP contribution is -2.29. The van der Waals surface area contributed by atoms with E-state index < -0.39 is 17.7 Å². The highest BCUT2D eigenvalue weighted by Crippen LogP contribution is 2.44. The molecule has 1 N–H and O–H groups in total. The monoisotopic (exact) mass is 675 g/mol. The van der Waals surface area contributed by atoms with E-state index >= 15 is 0 Å². The Morgan fingerprint density at radius 2 is 1.62 bits per heavy atom. The highest BCUT2D eigenvalue weighted by atomic mass is 79.9. The summed E-state index contributed by atoms with van der Waals surface area (Å²) < 4.78 is 2.29. The maximum absolute atomic E-state index is 13.3. The van der Waals surface area contributed by atoms with Crippen molar-refractivity contribution in [1.29, 1.82) is 0 Å². The summed E-state index contributed by atoms with van der Waals surface area (Å²) in [5, 5.41) is 20.6. The molecular formula is C26H16Br2ClN3O3S2. The van der Waals surface area contributed by atoms with Crippen LogP contribution in [0.15, 0.2) is 91.7 Å². The van der Waals surface area contributed by atoms with E-state index in [0.29, 0.717) is 26.2 Å². The number of aliphatic hydroxyl groups is 1. The van der Waals surface area contributed by atoms with Crippen LogP contribution in [0.3, 0.4) is 0 Å². The zero-order valence-electron chi connectivity index (χ0n) is 18.8. The number of aromatic nitrogens is 2. The van der Waals surface area contributed by atoms with Crippen molar-refractivity contribution < 1.29 is 14.7 Å². The summed E-state index contributed by atoms with van der Waals surface area (Å²) in [6, 6.07) is 20.8. The molecule has 0 saturated carbocycles. The van der Waals surface area contributed by atoms with E-state index in [1.165, 1.54) is 28.0 Å². The van der Waals surface area contributed by atoms with Crippen LogP contribution in [0.5, 0.6) is 0 Å². The fourth-order valence-electron chi connectivity index (χ4n) is 3.87. The molecule has 1 fully saturated rings. The molecule has 1 amide bonds. The first-order chi connectivity index (χ1) is 17.8. The topological polar surface area (TPSA) is 83.4 Å². The van der Waals surface area contributed by atoms with Crippen LogP contribution in [-0.4, -0.2) is 27.0 Å². The Bertz CT molecular complexity index is 1520. The van der Waals surface area contributed by atoms with Gasteiger partial charge in [-0.05, 0) is 41.5 Å². The second-order valence-corrected chi connectivity index (χ2v) is 12.4. The zero-order valence-corrected chi connectivity index (χ0v) is 24.3. The number of aliphatic hydroxyl groups excluding tert-OH is 1. The first-order valence-electron chi connectivity index (χ1n) is 10.9. The average molecular weight is 678 g/mol. The van der Waals surface area contributed by atoms with Gasteiger partial charge in [-0.2, -0.15) is 0 Å². The number of ketones is 1. The lowest BCUT2D eigenvalue weighted by atomic mass is 9.95. The fourth-order valence-corrected chi connectivity index (χ4v) is 6.55. The number of thioether (sulfide) groups is 1. The maximum Gasteiger partial charge on any atom is 0.301 e. The predicted octanol–water partition coefficient (Wildman–Crippen LogP) is 7.64. The normalized spacial score (nSPS) is 16.9. The van der Waals surface area contributed by atoms with Gasteiger partial charge in [0.05, 0.1) is 11.6 Å². The smallest absolute Gasteiger partial charge is 0.301 e. The SMILES string of the molecule is O=C1C(=O)N(c2nnc(SCc3ccccc3Cl)s2)C(c2ccc(Br)cc2)/C1=C(/O)c1ccc(Br)cc1. The molecule has 186 valence electrons. The van der Waals surface area contributed by atoms with Gasteiger partial charge in [-0.3, -0.25) is 14.5 Å². The molecule has 1 unspecified atom stereocenters. The third-order valence-corrected chi connectivity index (χ3v) is 9.19. The van der Waals surface area contributed by atoms with Crippen LogP contribution in [0.25, 0.3) is 5.76 Å². The Kier molecular flexibility index (Phi) is 7.83. The molecule has 1 atom stereocenters. The number of carbonyl (C=O) groups is 2. The Labute approximate surface area is 242 Å². The molecule has 4 aromatic rings. The van der Waals surface area contributed by atoms with Gasteiger partial charge in [0, 0.05) is 25.3 Å². The summed E-state index contributed by atoms with van der Waals surface area (Å²) in [7, 11) is 0. The summed E-state index contributed by atoms with van der Waals surface area (Å²) in [5.74, 6) is -1.23. The lowest BCUT2D eigenvalue weighted by Gasteiger charge is -2.22. The largest absolute Gasteiger partial charge is 0.507 e. The van der Waals surface area contributed by atoms with Crippen molar-refractivity contribution in [2.45, 2.75) is 16.1 Å². The van der Waals surface area contributed by atoms with Crippen LogP contribution in [0, 0.1) is 0 Å². The van der Waals surface area contributed by atoms with Gasteiger partial charge in [0.1, 0.15) is 5.76 Å². The Hall–Kier alpha value is -2.50. The molecule has 0 radical (unpaired) electrons. The quantitative estimate of drug-likeness (QED) is 0.0743. The number of amides is 1. The number of anilines is 1. The van der Waals surface area contributed by atoms with Crippen molar-refractivity contribution in [3.63, 3.8) is 0 Å². The molecule has 0 bridgehead atoms. The maximum atomic E-state index is 13.3. The van der Waals surface area contributed by atoms with Gasteiger partial charge in [-0.1, -0.05) is 109 Å². The number of carbonyl (C=O) groups excluding carboxylic acids is 2. The third kappa shape index (κ3) is 5.39. The van der Waals surface area contributed by atoms with Gasteiger partial charge in [0.2, 0.25) is 5.13 Å². The van der Waals surface area contributed by atoms with Gasteiger partial charge in [-0.15, -0.1) is 10.2 Å². The van der Waals surface area contributed by atoms with E-state index in [4.69, 9.17) is 11.6 Å². The number of benzene rings is 3. The third-order valence-electron chi connectivity index (χ3n) is 5.66. The van der Waals surface area contributed by atoms with Gasteiger partial charge in [0.15, 0.2) is 4.34 Å². The van der Waals surface area contributed by atoms with Gasteiger partial charge in [0.25, 0.3) is 5.78 Å². The highest BCUT2D eigenvalue weighted by Gasteiger charge is 2.48. The van der Waals surface area contributed by atoms with E-state index in [0.717, 1.165) is 14.5 Å². The van der Waals surface area contributed by atoms with Crippen LogP contribution >= 0.6 is 66.6 Å². The van der Waals surface area contributed by atoms with Crippen LogP contribution in [0.1, 0.15) is 22.7 Å². The standard InChI is InChI=1S/C26H16Br2ClN3O3S2/c27-17-9-5-14(6-10-17)21-20(22(33)15-7-11-18(28)12-8-15)23(34)24(35)32(21)25-30-31-26(37-25)36-13-16-3-1-2-4-19(16)29/h1-12,21,33H,13H2/b22-20-. The number of rotatable bonds is 6. The van der Waals surface area contributed by atoms with Crippen molar-refractivity contribution in [2.75, 3.05) is 4.90 Å². The Balaban J connectivity index is 1.54. The van der Waals surface area contributed by atoms with Crippen LogP contribution in [0.2, 0.25) is 5.02 Å². The van der Waals surface area contributed by atoms with E-state index in [1.807, 2.05) is 36.4 Å². The molecule has 5 rings (SSSR count). The molecule has 2 heterocycles. The minimum Gasteiger partial charge on any atom is -0.507 e. The molecule has 3 aromatic carbocycles. The van der Waals surface area contributed by atoms with Gasteiger partial charge in [-0.25, -0.2) is 0 Å². The Morgan fingerprint density at radius 3 is 2.30 bits per heavy atom. The van der Waals surface area contributed by atoms with Crippen molar-refractivity contribution in [1.82, 2.24) is 10.2 Å². The Morgan fingerprint density at radius 1 is 0.973 bits per heavy atom. The molecule has 6 nitrogen and oxygen atoms in total. The van der Waals surface area contributed by atoms with Crippen LogP contribution < -0.4 is 4.90 Å². The summed E-state index contributed by atoms with van der Waals surface area (Å²) >= 11 is 15.7. The predicted molar refractivity (Wildman–Crippen MR) is 154 cm³/mol. The van der Waals surface area contributed by atoms with E-state index in [9.17, 15) is 14.7 Å². The van der Waals surface area contributed by atoms with E-state index in [-0.39, 0.29) is 16.5 Å². The van der Waals surface area contributed by atoms with E-state index in [2.05, 4.69) is 42.1 Å². The summed E-state index contributed by atoms with van der Waals surface area (Å²) in [6.45, 7) is 0. The molecular weight excluding hydrogens is 662 g/mol. The fraction of sp³-hybridized carbons (Fsp3) is 0.0769. The molecule has 0 spiro atoms. The first-order valence-corrected chi connectivity index (χ1v) is 14.6. The van der Waals surface area contributed by atoms with Crippen LogP contribution in [0.4, 0.5) is 5.13 Å². The minimum atomic E-state index is -0.869. The summed E-state index contributed by atoms with van der Waals surface area (Å²) in [5.41, 5.74) is 2.03. The molecule has 37 heavy (non-hydrogen) atoms. The van der Waals surface area contributed by atoms with Crippen molar-refractivity contribution in [3.05, 3.63) is 109 Å². The molecule has 1 aromatic heterocycles. The van der Waals surface area contributed by atoms with E-state index in [1.54, 1.807) is 36.4 Å². The molecule has 1 saturated heterocycles. The average Bonchev–Trinajstić information content (AvgIpc) is 3.46. The highest BCUT2D eigenvalue weighted by molar-refractivity contribution is 9.10. The number of Topliss-reactive ketones (excluding diaryl/α,β-unsaturated/α-hetero) is 1. The number of halogens is 3. The van der Waals surface area contributed by atoms with Gasteiger partial charge < -0.3 is 5.11 Å². The van der Waals surface area contributed by atoms with Crippen molar-refractivity contribution in [3.8, 4) is 0 Å². The minimum absolute atomic E-state index is 0.00452. The second kappa shape index (κ2) is 11.1. The summed E-state index contributed by atoms with van der Waals surface area (Å²) in [6.07, 6.45) is 0. The number of hydrogen-bond acceptors (Lipinski definition) is 7. The van der Waals surface area contributed by atoms with Gasteiger partial charge >= 0.3 is 5.91 Å². The molecule has 11 heteroatoms. The lowest BCUT2D eigenvalue weighted by molar-refractivity contribution is -0.132. The van der Waals surface area contributed by atoms with Crippen LogP contribution in [-0.2, 0) is 15.3 Å². The second-order valence-electron chi connectivity index (χ2n) is 7.96. The molecule has 1 aliphatic heterocycles. The van der Waals surface area contributed by atoms with Crippen molar-refractivity contribution in [2.24, 2.45) is 0 Å². The summed E-state index contributed by atoms with van der Waals surface area (Å²) in [4.78, 5) is 27.9. The number of nitrogens with zero attached hydrogens (tertiary/aromatic N) is 3.